The SMILES string of the molecule is CC(C)C[C@H](NC(=O)[C@@H](C)Cc1ccc(C(F)(F)F)cc1)B1OCCNCCO1. The van der Waals surface area contributed by atoms with Crippen LogP contribution in [-0.4, -0.2) is 45.3 Å². The summed E-state index contributed by atoms with van der Waals surface area (Å²) >= 11 is 0. The quantitative estimate of drug-likeness (QED) is 0.674. The number of hydrogen-bond acceptors (Lipinski definition) is 4. The number of halogens is 3. The minimum atomic E-state index is -4.36. The van der Waals surface area contributed by atoms with E-state index in [4.69, 9.17) is 9.31 Å². The average molecular weight is 414 g/mol. The zero-order valence-electron chi connectivity index (χ0n) is 17.2. The van der Waals surface area contributed by atoms with Crippen LogP contribution in [0.1, 0.15) is 38.3 Å². The van der Waals surface area contributed by atoms with Crippen LogP contribution in [0.15, 0.2) is 24.3 Å². The third kappa shape index (κ3) is 7.99. The van der Waals surface area contributed by atoms with E-state index in [1.54, 1.807) is 6.92 Å². The molecule has 1 saturated heterocycles. The second kappa shape index (κ2) is 11.0. The maximum atomic E-state index is 12.7. The topological polar surface area (TPSA) is 59.6 Å². The van der Waals surface area contributed by atoms with E-state index in [1.807, 2.05) is 0 Å². The normalized spacial score (nSPS) is 18.1. The van der Waals surface area contributed by atoms with E-state index in [0.29, 0.717) is 37.5 Å². The summed E-state index contributed by atoms with van der Waals surface area (Å²) in [5.74, 6) is -0.503. The minimum Gasteiger partial charge on any atom is -0.408 e. The molecule has 1 aliphatic rings. The largest absolute Gasteiger partial charge is 0.480 e. The van der Waals surface area contributed by atoms with E-state index in [9.17, 15) is 18.0 Å². The third-order valence-corrected chi connectivity index (χ3v) is 4.77. The molecule has 9 heteroatoms. The molecular formula is C20H30BF3N2O3. The molecule has 1 aliphatic heterocycles. The molecule has 162 valence electrons. The Morgan fingerprint density at radius 1 is 1.14 bits per heavy atom. The molecule has 1 heterocycles. The van der Waals surface area contributed by atoms with Crippen molar-refractivity contribution in [3.05, 3.63) is 35.4 Å². The predicted octanol–water partition coefficient (Wildman–Crippen LogP) is 3.08. The second-order valence-corrected chi connectivity index (χ2v) is 7.90. The first-order valence-corrected chi connectivity index (χ1v) is 10.1. The highest BCUT2D eigenvalue weighted by Gasteiger charge is 2.34. The first-order chi connectivity index (χ1) is 13.7. The van der Waals surface area contributed by atoms with Crippen LogP contribution in [0.3, 0.4) is 0 Å². The fourth-order valence-corrected chi connectivity index (χ4v) is 3.25. The summed E-state index contributed by atoms with van der Waals surface area (Å²) in [5.41, 5.74) is -0.00555. The van der Waals surface area contributed by atoms with E-state index in [1.165, 1.54) is 12.1 Å². The van der Waals surface area contributed by atoms with Crippen molar-refractivity contribution in [2.24, 2.45) is 11.8 Å². The summed E-state index contributed by atoms with van der Waals surface area (Å²) in [6.07, 6.45) is -3.30. The molecule has 0 unspecified atom stereocenters. The van der Waals surface area contributed by atoms with Crippen LogP contribution in [0.25, 0.3) is 0 Å². The van der Waals surface area contributed by atoms with Crippen molar-refractivity contribution in [3.8, 4) is 0 Å². The van der Waals surface area contributed by atoms with Gasteiger partial charge in [-0.1, -0.05) is 32.9 Å². The Bertz CT molecular complexity index is 633. The minimum absolute atomic E-state index is 0.164. The Labute approximate surface area is 170 Å². The summed E-state index contributed by atoms with van der Waals surface area (Å²) in [7, 11) is -0.512. The summed E-state index contributed by atoms with van der Waals surface area (Å²) < 4.78 is 49.7. The van der Waals surface area contributed by atoms with Gasteiger partial charge in [-0.15, -0.1) is 0 Å². The number of nitrogens with one attached hydrogen (secondary N) is 2. The lowest BCUT2D eigenvalue weighted by molar-refractivity contribution is -0.137. The van der Waals surface area contributed by atoms with E-state index >= 15 is 0 Å². The lowest BCUT2D eigenvalue weighted by Crippen LogP contribution is -2.53. The van der Waals surface area contributed by atoms with Crippen molar-refractivity contribution >= 4 is 13.0 Å². The molecule has 2 atom stereocenters. The van der Waals surface area contributed by atoms with Crippen molar-refractivity contribution in [2.45, 2.75) is 45.7 Å². The zero-order valence-corrected chi connectivity index (χ0v) is 17.2. The highest BCUT2D eigenvalue weighted by atomic mass is 19.4. The van der Waals surface area contributed by atoms with Gasteiger partial charge in [0.15, 0.2) is 0 Å². The molecule has 0 aliphatic carbocycles. The van der Waals surface area contributed by atoms with E-state index < -0.39 is 24.8 Å². The molecule has 2 N–H and O–H groups in total. The number of alkyl halides is 3. The molecule has 1 fully saturated rings. The highest BCUT2D eigenvalue weighted by molar-refractivity contribution is 6.47. The number of hydrogen-bond donors (Lipinski definition) is 2. The van der Waals surface area contributed by atoms with E-state index in [0.717, 1.165) is 25.2 Å². The lowest BCUT2D eigenvalue weighted by Gasteiger charge is -2.28. The number of rotatable bonds is 7. The van der Waals surface area contributed by atoms with Crippen LogP contribution >= 0.6 is 0 Å². The van der Waals surface area contributed by atoms with Gasteiger partial charge in [-0.3, -0.25) is 4.79 Å². The summed E-state index contributed by atoms with van der Waals surface area (Å²) in [6.45, 7) is 8.35. The van der Waals surface area contributed by atoms with Gasteiger partial charge in [0.2, 0.25) is 5.91 Å². The van der Waals surface area contributed by atoms with Gasteiger partial charge in [0.25, 0.3) is 0 Å². The van der Waals surface area contributed by atoms with Gasteiger partial charge in [0.05, 0.1) is 11.5 Å². The fourth-order valence-electron chi connectivity index (χ4n) is 3.25. The average Bonchev–Trinajstić information content (AvgIpc) is 2.60. The highest BCUT2D eigenvalue weighted by Crippen LogP contribution is 2.29. The molecule has 0 aromatic heterocycles. The molecule has 0 radical (unpaired) electrons. The smallest absolute Gasteiger partial charge is 0.408 e. The Balaban J connectivity index is 1.97. The standard InChI is InChI=1S/C20H30BF3N2O3/c1-14(2)12-18(21-28-10-8-25-9-11-29-21)26-19(27)15(3)13-16-4-6-17(7-5-16)20(22,23)24/h4-7,14-15,18,25H,8-13H2,1-3H3,(H,26,27)/t15-,18-/m0/s1. The van der Waals surface area contributed by atoms with Crippen LogP contribution in [0.2, 0.25) is 0 Å². The summed E-state index contributed by atoms with van der Waals surface area (Å²) in [5, 5.41) is 6.21. The molecule has 2 rings (SSSR count). The van der Waals surface area contributed by atoms with Crippen LogP contribution in [0.5, 0.6) is 0 Å². The van der Waals surface area contributed by atoms with Crippen LogP contribution in [0, 0.1) is 11.8 Å². The molecule has 1 amide bonds. The van der Waals surface area contributed by atoms with E-state index in [2.05, 4.69) is 24.5 Å². The third-order valence-electron chi connectivity index (χ3n) is 4.77. The van der Waals surface area contributed by atoms with Gasteiger partial charge in [0, 0.05) is 32.2 Å². The van der Waals surface area contributed by atoms with Gasteiger partial charge in [-0.2, -0.15) is 13.2 Å². The maximum absolute atomic E-state index is 12.7. The molecule has 5 nitrogen and oxygen atoms in total. The van der Waals surface area contributed by atoms with Crippen LogP contribution < -0.4 is 10.6 Å². The molecule has 0 spiro atoms. The first-order valence-electron chi connectivity index (χ1n) is 10.1. The summed E-state index contributed by atoms with van der Waals surface area (Å²) in [6, 6.07) is 4.94. The molecule has 1 aromatic carbocycles. The fraction of sp³-hybridized carbons (Fsp3) is 0.650. The Kier molecular flexibility index (Phi) is 8.98. The molecular weight excluding hydrogens is 384 g/mol. The lowest BCUT2D eigenvalue weighted by atomic mass is 9.73. The van der Waals surface area contributed by atoms with Crippen LogP contribution in [-0.2, 0) is 26.7 Å². The number of amides is 1. The predicted molar refractivity (Wildman–Crippen MR) is 106 cm³/mol. The van der Waals surface area contributed by atoms with Gasteiger partial charge in [-0.25, -0.2) is 0 Å². The second-order valence-electron chi connectivity index (χ2n) is 7.90. The maximum Gasteiger partial charge on any atom is 0.480 e. The van der Waals surface area contributed by atoms with Gasteiger partial charge >= 0.3 is 13.3 Å². The van der Waals surface area contributed by atoms with Gasteiger partial charge in [0.1, 0.15) is 0 Å². The van der Waals surface area contributed by atoms with Crippen molar-refractivity contribution in [1.29, 1.82) is 0 Å². The van der Waals surface area contributed by atoms with Crippen molar-refractivity contribution in [3.63, 3.8) is 0 Å². The number of benzene rings is 1. The van der Waals surface area contributed by atoms with Gasteiger partial charge < -0.3 is 19.9 Å². The van der Waals surface area contributed by atoms with Crippen molar-refractivity contribution < 1.29 is 27.3 Å². The molecule has 0 bridgehead atoms. The number of carbonyl (C=O) groups is 1. The van der Waals surface area contributed by atoms with Crippen molar-refractivity contribution in [2.75, 3.05) is 26.3 Å². The first kappa shape index (κ1) is 23.7. The monoisotopic (exact) mass is 414 g/mol. The number of carbonyl (C=O) groups excluding carboxylic acids is 1. The Morgan fingerprint density at radius 3 is 2.24 bits per heavy atom. The van der Waals surface area contributed by atoms with Crippen LogP contribution in [0.4, 0.5) is 13.2 Å². The Hall–Kier alpha value is -1.58. The zero-order chi connectivity index (χ0) is 21.4. The Morgan fingerprint density at radius 2 is 1.72 bits per heavy atom. The van der Waals surface area contributed by atoms with E-state index in [-0.39, 0.29) is 11.8 Å². The molecule has 1 aromatic rings. The molecule has 29 heavy (non-hydrogen) atoms. The molecule has 0 saturated carbocycles. The van der Waals surface area contributed by atoms with Crippen molar-refractivity contribution in [1.82, 2.24) is 10.6 Å². The van der Waals surface area contributed by atoms with Gasteiger partial charge in [-0.05, 0) is 36.5 Å². The summed E-state index contributed by atoms with van der Waals surface area (Å²) in [4.78, 5) is 12.7.